The van der Waals surface area contributed by atoms with E-state index >= 15 is 0 Å². The van der Waals surface area contributed by atoms with Gasteiger partial charge in [0, 0.05) is 29.9 Å². The van der Waals surface area contributed by atoms with Crippen LogP contribution in [0.1, 0.15) is 24.4 Å². The summed E-state index contributed by atoms with van der Waals surface area (Å²) in [6.07, 6.45) is 3.88. The second kappa shape index (κ2) is 9.46. The molecule has 9 heteroatoms. The number of anilines is 2. The molecule has 9 nitrogen and oxygen atoms in total. The van der Waals surface area contributed by atoms with Crippen LogP contribution >= 0.6 is 0 Å². The first-order chi connectivity index (χ1) is 17.1. The Labute approximate surface area is 202 Å². The van der Waals surface area contributed by atoms with Crippen LogP contribution in [0.5, 0.6) is 11.5 Å². The lowest BCUT2D eigenvalue weighted by Gasteiger charge is -2.41. The Bertz CT molecular complexity index is 1370. The molecule has 0 spiro atoms. The van der Waals surface area contributed by atoms with E-state index in [-0.39, 0.29) is 18.2 Å². The summed E-state index contributed by atoms with van der Waals surface area (Å²) in [6.45, 7) is 0. The minimum absolute atomic E-state index is 0.0616. The number of amides is 2. The number of aromatic nitrogens is 3. The van der Waals surface area contributed by atoms with Gasteiger partial charge >= 0.3 is 0 Å². The van der Waals surface area contributed by atoms with Crippen LogP contribution in [0.25, 0.3) is 5.65 Å². The molecular formula is C26H25N5O4. The number of nitrogens with zero attached hydrogens (tertiary/aromatic N) is 4. The van der Waals surface area contributed by atoms with E-state index < -0.39 is 12.0 Å². The standard InChI is InChI=1S/C26H25N5O4/c1-34-18-9-7-17(8-10-18)30-24(32)12-11-20(25(30)19-5-3-4-6-21(19)35-2)26(33)29-23-13-15-27-22-14-16-28-31(22)23/h3-10,13-16,20,25H,11-12H2,1-2H3,(H,29,33). The van der Waals surface area contributed by atoms with E-state index in [2.05, 4.69) is 15.4 Å². The van der Waals surface area contributed by atoms with Crippen molar-refractivity contribution in [3.05, 3.63) is 78.6 Å². The Morgan fingerprint density at radius 3 is 2.57 bits per heavy atom. The van der Waals surface area contributed by atoms with Crippen LogP contribution in [0, 0.1) is 5.92 Å². The first-order valence-electron chi connectivity index (χ1n) is 11.3. The number of fused-ring (bicyclic) bond motifs is 1. The van der Waals surface area contributed by atoms with Gasteiger partial charge in [0.1, 0.15) is 17.3 Å². The molecule has 4 aromatic rings. The Hall–Kier alpha value is -4.40. The lowest BCUT2D eigenvalue weighted by atomic mass is 9.82. The molecular weight excluding hydrogens is 446 g/mol. The highest BCUT2D eigenvalue weighted by atomic mass is 16.5. The van der Waals surface area contributed by atoms with Gasteiger partial charge in [-0.1, -0.05) is 18.2 Å². The molecule has 2 aromatic heterocycles. The largest absolute Gasteiger partial charge is 0.497 e. The second-order valence-corrected chi connectivity index (χ2v) is 8.21. The summed E-state index contributed by atoms with van der Waals surface area (Å²) in [6, 6.07) is 17.6. The molecule has 1 saturated heterocycles. The molecule has 35 heavy (non-hydrogen) atoms. The van der Waals surface area contributed by atoms with Crippen molar-refractivity contribution in [3.63, 3.8) is 0 Å². The summed E-state index contributed by atoms with van der Waals surface area (Å²) in [4.78, 5) is 33.0. The van der Waals surface area contributed by atoms with Gasteiger partial charge in [0.05, 0.1) is 32.4 Å². The molecule has 1 fully saturated rings. The van der Waals surface area contributed by atoms with Gasteiger partial charge in [-0.25, -0.2) is 4.98 Å². The fraction of sp³-hybridized carbons (Fsp3) is 0.231. The van der Waals surface area contributed by atoms with Crippen LogP contribution in [0.3, 0.4) is 0 Å². The molecule has 0 radical (unpaired) electrons. The lowest BCUT2D eigenvalue weighted by molar-refractivity contribution is -0.126. The van der Waals surface area contributed by atoms with Crippen molar-refractivity contribution < 1.29 is 19.1 Å². The summed E-state index contributed by atoms with van der Waals surface area (Å²) >= 11 is 0. The van der Waals surface area contributed by atoms with Gasteiger partial charge in [0.15, 0.2) is 5.65 Å². The molecule has 178 valence electrons. The van der Waals surface area contributed by atoms with E-state index in [0.29, 0.717) is 35.1 Å². The highest BCUT2D eigenvalue weighted by Crippen LogP contribution is 2.43. The van der Waals surface area contributed by atoms with Crippen molar-refractivity contribution in [2.45, 2.75) is 18.9 Å². The van der Waals surface area contributed by atoms with Crippen molar-refractivity contribution in [3.8, 4) is 11.5 Å². The molecule has 0 bridgehead atoms. The van der Waals surface area contributed by atoms with Crippen LogP contribution < -0.4 is 19.7 Å². The Morgan fingerprint density at radius 1 is 1.00 bits per heavy atom. The minimum atomic E-state index is -0.573. The van der Waals surface area contributed by atoms with E-state index in [4.69, 9.17) is 9.47 Å². The third kappa shape index (κ3) is 4.16. The molecule has 0 aliphatic carbocycles. The van der Waals surface area contributed by atoms with E-state index in [0.717, 1.165) is 5.56 Å². The van der Waals surface area contributed by atoms with E-state index in [9.17, 15) is 9.59 Å². The first kappa shape index (κ1) is 22.4. The normalized spacial score (nSPS) is 17.9. The van der Waals surface area contributed by atoms with E-state index in [1.54, 1.807) is 60.3 Å². The summed E-state index contributed by atoms with van der Waals surface area (Å²) in [5, 5.41) is 7.26. The molecule has 2 atom stereocenters. The van der Waals surface area contributed by atoms with Crippen molar-refractivity contribution in [2.75, 3.05) is 24.4 Å². The Kier molecular flexibility index (Phi) is 6.05. The highest BCUT2D eigenvalue weighted by Gasteiger charge is 2.42. The van der Waals surface area contributed by atoms with Crippen LogP contribution in [0.15, 0.2) is 73.1 Å². The van der Waals surface area contributed by atoms with Gasteiger partial charge in [-0.3, -0.25) is 9.59 Å². The molecule has 1 aliphatic rings. The maximum absolute atomic E-state index is 13.7. The molecule has 3 heterocycles. The number of carbonyl (C=O) groups excluding carboxylic acids is 2. The minimum Gasteiger partial charge on any atom is -0.497 e. The van der Waals surface area contributed by atoms with Gasteiger partial charge in [-0.2, -0.15) is 9.61 Å². The van der Waals surface area contributed by atoms with Crippen LogP contribution in [-0.4, -0.2) is 40.6 Å². The lowest BCUT2D eigenvalue weighted by Crippen LogP contribution is -2.47. The van der Waals surface area contributed by atoms with Gasteiger partial charge < -0.3 is 19.7 Å². The number of nitrogens with one attached hydrogen (secondary N) is 1. The number of hydrogen-bond acceptors (Lipinski definition) is 6. The van der Waals surface area contributed by atoms with Crippen molar-refractivity contribution >= 4 is 29.0 Å². The number of piperidine rings is 1. The maximum Gasteiger partial charge on any atom is 0.231 e. The zero-order chi connectivity index (χ0) is 24.4. The maximum atomic E-state index is 13.7. The number of hydrogen-bond donors (Lipinski definition) is 1. The van der Waals surface area contributed by atoms with Gasteiger partial charge in [0.2, 0.25) is 11.8 Å². The molecule has 1 aliphatic heterocycles. The number of benzene rings is 2. The summed E-state index contributed by atoms with van der Waals surface area (Å²) in [5.41, 5.74) is 2.07. The predicted octanol–water partition coefficient (Wildman–Crippen LogP) is 3.87. The SMILES string of the molecule is COc1ccc(N2C(=O)CCC(C(=O)Nc3ccnc4ccnn34)C2c2ccccc2OC)cc1. The van der Waals surface area contributed by atoms with Crippen molar-refractivity contribution in [1.82, 2.24) is 14.6 Å². The summed E-state index contributed by atoms with van der Waals surface area (Å²) < 4.78 is 12.5. The fourth-order valence-electron chi connectivity index (χ4n) is 4.63. The summed E-state index contributed by atoms with van der Waals surface area (Å²) in [7, 11) is 3.18. The van der Waals surface area contributed by atoms with Crippen LogP contribution in [-0.2, 0) is 9.59 Å². The van der Waals surface area contributed by atoms with Crippen molar-refractivity contribution in [1.29, 1.82) is 0 Å². The zero-order valence-electron chi connectivity index (χ0n) is 19.4. The quantitative estimate of drug-likeness (QED) is 0.459. The van der Waals surface area contributed by atoms with Crippen molar-refractivity contribution in [2.24, 2.45) is 5.92 Å². The Balaban J connectivity index is 1.57. The number of carbonyl (C=O) groups is 2. The molecule has 2 aromatic carbocycles. The Morgan fingerprint density at radius 2 is 1.80 bits per heavy atom. The fourth-order valence-corrected chi connectivity index (χ4v) is 4.63. The number of rotatable bonds is 6. The molecule has 0 saturated carbocycles. The van der Waals surface area contributed by atoms with Crippen LogP contribution in [0.2, 0.25) is 0 Å². The second-order valence-electron chi connectivity index (χ2n) is 8.21. The van der Waals surface area contributed by atoms with Gasteiger partial charge in [-0.15, -0.1) is 0 Å². The predicted molar refractivity (Wildman–Crippen MR) is 131 cm³/mol. The average Bonchev–Trinajstić information content (AvgIpc) is 3.38. The van der Waals surface area contributed by atoms with Gasteiger partial charge in [0.25, 0.3) is 0 Å². The average molecular weight is 472 g/mol. The van der Waals surface area contributed by atoms with Gasteiger partial charge in [-0.05, 0) is 42.8 Å². The molecule has 5 rings (SSSR count). The number of para-hydroxylation sites is 1. The molecule has 1 N–H and O–H groups in total. The van der Waals surface area contributed by atoms with Crippen LogP contribution in [0.4, 0.5) is 11.5 Å². The number of methoxy groups -OCH3 is 2. The van der Waals surface area contributed by atoms with E-state index in [1.165, 1.54) is 0 Å². The van der Waals surface area contributed by atoms with E-state index in [1.807, 2.05) is 36.4 Å². The third-order valence-corrected chi connectivity index (χ3v) is 6.28. The smallest absolute Gasteiger partial charge is 0.231 e. The third-order valence-electron chi connectivity index (χ3n) is 6.28. The highest BCUT2D eigenvalue weighted by molar-refractivity contribution is 6.00. The molecule has 2 unspecified atom stereocenters. The number of ether oxygens (including phenoxy) is 2. The zero-order valence-corrected chi connectivity index (χ0v) is 19.4. The monoisotopic (exact) mass is 471 g/mol. The topological polar surface area (TPSA) is 98.1 Å². The molecule has 2 amide bonds. The summed E-state index contributed by atoms with van der Waals surface area (Å²) in [5.74, 6) is 0.995. The first-order valence-corrected chi connectivity index (χ1v) is 11.3.